The largest absolute Gasteiger partial charge is 0.382 e. The first-order chi connectivity index (χ1) is 9.36. The Kier molecular flexibility index (Phi) is 3.41. The lowest BCUT2D eigenvalue weighted by atomic mass is 9.83. The normalized spacial score (nSPS) is 11.2. The summed E-state index contributed by atoms with van der Waals surface area (Å²) in [5, 5.41) is 8.99. The third-order valence-electron chi connectivity index (χ3n) is 3.35. The number of halogens is 1. The van der Waals surface area contributed by atoms with E-state index in [2.05, 4.69) is 9.97 Å². The number of aryl methyl sites for hydroxylation is 1. The van der Waals surface area contributed by atoms with Crippen LogP contribution in [0.4, 0.5) is 10.2 Å². The molecule has 4 nitrogen and oxygen atoms in total. The molecule has 0 amide bonds. The van der Waals surface area contributed by atoms with Gasteiger partial charge < -0.3 is 5.73 Å². The summed E-state index contributed by atoms with van der Waals surface area (Å²) in [5.74, 6) is 0.393. The molecular weight excluding hydrogens is 255 g/mol. The Labute approximate surface area is 117 Å². The van der Waals surface area contributed by atoms with Gasteiger partial charge in [0.2, 0.25) is 0 Å². The number of aromatic nitrogens is 2. The van der Waals surface area contributed by atoms with Crippen LogP contribution in [0.1, 0.15) is 36.5 Å². The fourth-order valence-electron chi connectivity index (χ4n) is 2.01. The molecule has 0 fully saturated rings. The van der Waals surface area contributed by atoms with Crippen LogP contribution in [0, 0.1) is 24.1 Å². The number of nitrogen functional groups attached to an aromatic ring is 1. The predicted octanol–water partition coefficient (Wildman–Crippen LogP) is 2.70. The highest BCUT2D eigenvalue weighted by Gasteiger charge is 2.28. The quantitative estimate of drug-likeness (QED) is 0.910. The van der Waals surface area contributed by atoms with Gasteiger partial charge in [-0.2, -0.15) is 5.26 Å². The first-order valence-corrected chi connectivity index (χ1v) is 6.17. The van der Waals surface area contributed by atoms with E-state index < -0.39 is 5.41 Å². The van der Waals surface area contributed by atoms with Crippen molar-refractivity contribution in [2.45, 2.75) is 26.2 Å². The van der Waals surface area contributed by atoms with Crippen LogP contribution in [0.5, 0.6) is 0 Å². The Morgan fingerprint density at radius 3 is 2.30 bits per heavy atom. The number of nitrogens with two attached hydrogens (primary N) is 1. The molecule has 1 heterocycles. The maximum atomic E-state index is 13.0. The molecule has 0 bridgehead atoms. The van der Waals surface area contributed by atoms with Crippen LogP contribution in [0.3, 0.4) is 0 Å². The lowest BCUT2D eigenvalue weighted by molar-refractivity contribution is 0.581. The summed E-state index contributed by atoms with van der Waals surface area (Å²) in [5.41, 5.74) is 6.99. The zero-order chi connectivity index (χ0) is 14.9. The van der Waals surface area contributed by atoms with Gasteiger partial charge in [0.1, 0.15) is 29.1 Å². The van der Waals surface area contributed by atoms with E-state index in [9.17, 15) is 4.39 Å². The molecule has 102 valence electrons. The Bertz CT molecular complexity index is 661. The van der Waals surface area contributed by atoms with Crippen molar-refractivity contribution in [1.82, 2.24) is 9.97 Å². The van der Waals surface area contributed by atoms with Crippen LogP contribution < -0.4 is 5.73 Å². The predicted molar refractivity (Wildman–Crippen MR) is 74.4 cm³/mol. The van der Waals surface area contributed by atoms with Crippen LogP contribution in [-0.2, 0) is 5.41 Å². The molecule has 1 aromatic carbocycles. The fourth-order valence-corrected chi connectivity index (χ4v) is 2.01. The number of benzene rings is 1. The molecule has 1 aromatic heterocycles. The van der Waals surface area contributed by atoms with Crippen LogP contribution in [0.2, 0.25) is 0 Å². The van der Waals surface area contributed by atoms with Gasteiger partial charge in [-0.25, -0.2) is 14.4 Å². The van der Waals surface area contributed by atoms with Gasteiger partial charge in [0.15, 0.2) is 0 Å². The van der Waals surface area contributed by atoms with E-state index >= 15 is 0 Å². The minimum Gasteiger partial charge on any atom is -0.382 e. The summed E-state index contributed by atoms with van der Waals surface area (Å²) in [6, 6.07) is 8.18. The molecule has 0 spiro atoms. The average Bonchev–Trinajstić information content (AvgIpc) is 2.38. The van der Waals surface area contributed by atoms with E-state index in [1.165, 1.54) is 12.1 Å². The second-order valence-electron chi connectivity index (χ2n) is 5.14. The van der Waals surface area contributed by atoms with Gasteiger partial charge in [0.05, 0.1) is 5.69 Å². The molecule has 0 unspecified atom stereocenters. The van der Waals surface area contributed by atoms with Gasteiger partial charge in [0.25, 0.3) is 0 Å². The molecule has 5 heteroatoms. The standard InChI is InChI=1S/C15H15FN4/c1-9-12(8-17)13(18)20-14(19-9)15(2,3)10-4-6-11(16)7-5-10/h4-7H,1-3H3,(H2,18,19,20). The van der Waals surface area contributed by atoms with Gasteiger partial charge in [0, 0.05) is 5.41 Å². The summed E-state index contributed by atoms with van der Waals surface area (Å²) >= 11 is 0. The van der Waals surface area contributed by atoms with Crippen molar-refractivity contribution >= 4 is 5.82 Å². The molecule has 0 aliphatic carbocycles. The summed E-state index contributed by atoms with van der Waals surface area (Å²) in [6.07, 6.45) is 0. The SMILES string of the molecule is Cc1nc(C(C)(C)c2ccc(F)cc2)nc(N)c1C#N. The third-order valence-corrected chi connectivity index (χ3v) is 3.35. The number of hydrogen-bond donors (Lipinski definition) is 1. The smallest absolute Gasteiger partial charge is 0.145 e. The Morgan fingerprint density at radius 2 is 1.80 bits per heavy atom. The summed E-state index contributed by atoms with van der Waals surface area (Å²) in [6.45, 7) is 5.59. The average molecular weight is 270 g/mol. The fraction of sp³-hybridized carbons (Fsp3) is 0.267. The number of nitrogens with zero attached hydrogens (tertiary/aromatic N) is 3. The van der Waals surface area contributed by atoms with E-state index in [4.69, 9.17) is 11.0 Å². The van der Waals surface area contributed by atoms with E-state index in [0.29, 0.717) is 17.1 Å². The van der Waals surface area contributed by atoms with Crippen molar-refractivity contribution in [2.24, 2.45) is 0 Å². The summed E-state index contributed by atoms with van der Waals surface area (Å²) < 4.78 is 13.0. The molecule has 0 aliphatic rings. The van der Waals surface area contributed by atoms with Crippen molar-refractivity contribution < 1.29 is 4.39 Å². The Morgan fingerprint density at radius 1 is 1.20 bits per heavy atom. The number of hydrogen-bond acceptors (Lipinski definition) is 4. The van der Waals surface area contributed by atoms with Gasteiger partial charge >= 0.3 is 0 Å². The molecule has 0 saturated carbocycles. The van der Waals surface area contributed by atoms with Crippen LogP contribution >= 0.6 is 0 Å². The van der Waals surface area contributed by atoms with Gasteiger partial charge in [-0.1, -0.05) is 12.1 Å². The van der Waals surface area contributed by atoms with Crippen LogP contribution in [0.25, 0.3) is 0 Å². The number of nitriles is 1. The van der Waals surface area contributed by atoms with E-state index in [-0.39, 0.29) is 11.6 Å². The second kappa shape index (κ2) is 4.89. The first-order valence-electron chi connectivity index (χ1n) is 6.17. The van der Waals surface area contributed by atoms with Crippen molar-refractivity contribution in [1.29, 1.82) is 5.26 Å². The molecule has 2 N–H and O–H groups in total. The third kappa shape index (κ3) is 2.32. The van der Waals surface area contributed by atoms with Crippen LogP contribution in [0.15, 0.2) is 24.3 Å². The van der Waals surface area contributed by atoms with Crippen molar-refractivity contribution in [3.63, 3.8) is 0 Å². The minimum atomic E-state index is -0.527. The molecule has 0 radical (unpaired) electrons. The maximum Gasteiger partial charge on any atom is 0.145 e. The Balaban J connectivity index is 2.55. The number of rotatable bonds is 2. The minimum absolute atomic E-state index is 0.171. The molecular formula is C15H15FN4. The zero-order valence-corrected chi connectivity index (χ0v) is 11.6. The lowest BCUT2D eigenvalue weighted by Gasteiger charge is -2.24. The second-order valence-corrected chi connectivity index (χ2v) is 5.14. The molecule has 0 atom stereocenters. The monoisotopic (exact) mass is 270 g/mol. The highest BCUT2D eigenvalue weighted by atomic mass is 19.1. The van der Waals surface area contributed by atoms with Crippen molar-refractivity contribution in [2.75, 3.05) is 5.73 Å². The summed E-state index contributed by atoms with van der Waals surface area (Å²) in [7, 11) is 0. The first kappa shape index (κ1) is 13.9. The van der Waals surface area contributed by atoms with Gasteiger partial charge in [-0.15, -0.1) is 0 Å². The molecule has 2 aromatic rings. The highest BCUT2D eigenvalue weighted by molar-refractivity contribution is 5.51. The van der Waals surface area contributed by atoms with E-state index in [1.807, 2.05) is 19.9 Å². The molecule has 20 heavy (non-hydrogen) atoms. The van der Waals surface area contributed by atoms with Crippen molar-refractivity contribution in [3.05, 3.63) is 52.7 Å². The molecule has 0 aliphatic heterocycles. The molecule has 2 rings (SSSR count). The van der Waals surface area contributed by atoms with Gasteiger partial charge in [-0.05, 0) is 38.5 Å². The Hall–Kier alpha value is -2.48. The maximum absolute atomic E-state index is 13.0. The zero-order valence-electron chi connectivity index (χ0n) is 11.6. The van der Waals surface area contributed by atoms with E-state index in [1.54, 1.807) is 19.1 Å². The van der Waals surface area contributed by atoms with E-state index in [0.717, 1.165) is 5.56 Å². The topological polar surface area (TPSA) is 75.6 Å². The number of anilines is 1. The highest BCUT2D eigenvalue weighted by Crippen LogP contribution is 2.30. The molecule has 0 saturated heterocycles. The van der Waals surface area contributed by atoms with Crippen LogP contribution in [-0.4, -0.2) is 9.97 Å². The lowest BCUT2D eigenvalue weighted by Crippen LogP contribution is -2.24. The van der Waals surface area contributed by atoms with Crippen molar-refractivity contribution in [3.8, 4) is 6.07 Å². The summed E-state index contributed by atoms with van der Waals surface area (Å²) in [4.78, 5) is 8.59. The van der Waals surface area contributed by atoms with Gasteiger partial charge in [-0.3, -0.25) is 0 Å².